The summed E-state index contributed by atoms with van der Waals surface area (Å²) >= 11 is 0. The summed E-state index contributed by atoms with van der Waals surface area (Å²) in [6, 6.07) is 10.2. The van der Waals surface area contributed by atoms with Gasteiger partial charge in [-0.3, -0.25) is 4.79 Å². The first-order valence-corrected chi connectivity index (χ1v) is 7.03. The normalized spacial score (nSPS) is 27.5. The zero-order valence-electron chi connectivity index (χ0n) is 12.2. The van der Waals surface area contributed by atoms with Crippen LogP contribution in [0.4, 0.5) is 0 Å². The fourth-order valence-corrected chi connectivity index (χ4v) is 3.21. The quantitative estimate of drug-likeness (QED) is 0.880. The number of carbonyl (C=O) groups is 1. The highest BCUT2D eigenvalue weighted by atomic mass is 16.1. The minimum Gasteiger partial charge on any atom is -0.353 e. The molecule has 1 saturated heterocycles. The van der Waals surface area contributed by atoms with Crippen LogP contribution in [0.5, 0.6) is 0 Å². The molecule has 0 aromatic heterocycles. The summed E-state index contributed by atoms with van der Waals surface area (Å²) < 4.78 is 0. The lowest BCUT2D eigenvalue weighted by Crippen LogP contribution is -2.53. The van der Waals surface area contributed by atoms with Gasteiger partial charge in [0.2, 0.25) is 5.91 Å². The van der Waals surface area contributed by atoms with Crippen molar-refractivity contribution in [3.63, 3.8) is 0 Å². The largest absolute Gasteiger partial charge is 0.353 e. The average Bonchev–Trinajstić information content (AvgIpc) is 2.46. The number of nitrogens with zero attached hydrogens (tertiary/aromatic N) is 1. The maximum atomic E-state index is 11.9. The summed E-state index contributed by atoms with van der Waals surface area (Å²) in [5.41, 5.74) is 1.79. The summed E-state index contributed by atoms with van der Waals surface area (Å²) in [4.78, 5) is 11.9. The topological polar surface area (TPSA) is 64.9 Å². The van der Waals surface area contributed by atoms with Gasteiger partial charge in [0.15, 0.2) is 0 Å². The maximum Gasteiger partial charge on any atom is 0.220 e. The zero-order valence-corrected chi connectivity index (χ0v) is 12.2. The molecule has 0 saturated carbocycles. The van der Waals surface area contributed by atoms with Gasteiger partial charge in [-0.15, -0.1) is 0 Å². The molecule has 2 N–H and O–H groups in total. The van der Waals surface area contributed by atoms with E-state index in [0.717, 1.165) is 5.56 Å². The Balaban J connectivity index is 2.32. The van der Waals surface area contributed by atoms with Gasteiger partial charge < -0.3 is 10.6 Å². The molecule has 20 heavy (non-hydrogen) atoms. The number of hydrogen-bond donors (Lipinski definition) is 2. The molecule has 1 aliphatic heterocycles. The molecule has 1 heterocycles. The van der Waals surface area contributed by atoms with Gasteiger partial charge in [0, 0.05) is 24.4 Å². The van der Waals surface area contributed by atoms with Crippen LogP contribution in [0.15, 0.2) is 24.3 Å². The van der Waals surface area contributed by atoms with E-state index < -0.39 is 0 Å². The lowest BCUT2D eigenvalue weighted by atomic mass is 9.73. The molecular formula is C16H21N3O. The average molecular weight is 271 g/mol. The Bertz CT molecular complexity index is 518. The van der Waals surface area contributed by atoms with E-state index in [-0.39, 0.29) is 17.9 Å². The second-order valence-corrected chi connectivity index (χ2v) is 5.56. The van der Waals surface area contributed by atoms with Crippen molar-refractivity contribution in [1.82, 2.24) is 10.6 Å². The maximum absolute atomic E-state index is 11.9. The number of rotatable bonds is 3. The van der Waals surface area contributed by atoms with Crippen LogP contribution in [-0.2, 0) is 4.79 Å². The van der Waals surface area contributed by atoms with Crippen LogP contribution in [0.1, 0.15) is 37.3 Å². The van der Waals surface area contributed by atoms with Gasteiger partial charge >= 0.3 is 0 Å². The van der Waals surface area contributed by atoms with Crippen LogP contribution >= 0.6 is 0 Å². The molecule has 4 heteroatoms. The van der Waals surface area contributed by atoms with Crippen LogP contribution in [0.25, 0.3) is 0 Å². The van der Waals surface area contributed by atoms with Gasteiger partial charge in [0.05, 0.1) is 11.6 Å². The molecule has 1 fully saturated rings. The molecule has 0 bridgehead atoms. The van der Waals surface area contributed by atoms with Crippen molar-refractivity contribution in [2.75, 3.05) is 7.05 Å². The monoisotopic (exact) mass is 271 g/mol. The van der Waals surface area contributed by atoms with Gasteiger partial charge in [0.25, 0.3) is 0 Å². The first-order valence-electron chi connectivity index (χ1n) is 7.03. The molecule has 0 radical (unpaired) electrons. The molecular weight excluding hydrogens is 250 g/mol. The Morgan fingerprint density at radius 1 is 1.40 bits per heavy atom. The summed E-state index contributed by atoms with van der Waals surface area (Å²) in [6.45, 7) is 4.21. The fraction of sp³-hybridized carbons (Fsp3) is 0.500. The molecule has 1 aliphatic rings. The molecule has 1 amide bonds. The second kappa shape index (κ2) is 6.06. The van der Waals surface area contributed by atoms with Crippen molar-refractivity contribution < 1.29 is 4.79 Å². The Hall–Kier alpha value is -1.86. The van der Waals surface area contributed by atoms with E-state index in [1.54, 1.807) is 0 Å². The minimum atomic E-state index is 0.103. The van der Waals surface area contributed by atoms with E-state index >= 15 is 0 Å². The number of benzene rings is 1. The lowest BCUT2D eigenvalue weighted by Gasteiger charge is -2.40. The van der Waals surface area contributed by atoms with Crippen molar-refractivity contribution in [1.29, 1.82) is 5.26 Å². The van der Waals surface area contributed by atoms with Crippen molar-refractivity contribution in [2.24, 2.45) is 5.92 Å². The van der Waals surface area contributed by atoms with E-state index in [1.807, 2.05) is 31.3 Å². The number of nitrogens with one attached hydrogen (secondary N) is 2. The van der Waals surface area contributed by atoms with Crippen molar-refractivity contribution >= 4 is 5.91 Å². The van der Waals surface area contributed by atoms with Gasteiger partial charge in [0.1, 0.15) is 0 Å². The predicted molar refractivity (Wildman–Crippen MR) is 78.1 cm³/mol. The van der Waals surface area contributed by atoms with E-state index in [4.69, 9.17) is 5.26 Å². The Morgan fingerprint density at radius 3 is 2.60 bits per heavy atom. The highest BCUT2D eigenvalue weighted by Gasteiger charge is 2.37. The first kappa shape index (κ1) is 14.5. The van der Waals surface area contributed by atoms with Crippen LogP contribution in [-0.4, -0.2) is 25.0 Å². The minimum absolute atomic E-state index is 0.103. The summed E-state index contributed by atoms with van der Waals surface area (Å²) in [5, 5.41) is 15.2. The third-order valence-corrected chi connectivity index (χ3v) is 4.34. The first-order chi connectivity index (χ1) is 9.56. The molecule has 0 spiro atoms. The van der Waals surface area contributed by atoms with Crippen molar-refractivity contribution in [3.05, 3.63) is 35.4 Å². The molecule has 106 valence electrons. The third kappa shape index (κ3) is 2.83. The molecule has 2 rings (SSSR count). The smallest absolute Gasteiger partial charge is 0.220 e. The summed E-state index contributed by atoms with van der Waals surface area (Å²) in [6.07, 6.45) is 0.507. The molecule has 1 aromatic carbocycles. The number of piperidine rings is 1. The number of carbonyl (C=O) groups excluding carboxylic acids is 1. The van der Waals surface area contributed by atoms with Crippen LogP contribution in [0, 0.1) is 17.2 Å². The standard InChI is InChI=1S/C16H21N3O/c1-10(18-3)16-11(2)19-15(20)8-14(16)13-6-4-12(9-17)5-7-13/h4-7,10-11,14,16,18H,8H2,1-3H3,(H,19,20)/t10?,11?,14-,16?/m1/s1. The van der Waals surface area contributed by atoms with E-state index in [0.29, 0.717) is 23.9 Å². The highest BCUT2D eigenvalue weighted by Crippen LogP contribution is 2.35. The number of hydrogen-bond acceptors (Lipinski definition) is 3. The Kier molecular flexibility index (Phi) is 4.41. The van der Waals surface area contributed by atoms with E-state index in [1.165, 1.54) is 0 Å². The highest BCUT2D eigenvalue weighted by molar-refractivity contribution is 5.78. The van der Waals surface area contributed by atoms with Crippen molar-refractivity contribution in [3.8, 4) is 6.07 Å². The summed E-state index contributed by atoms with van der Waals surface area (Å²) in [7, 11) is 1.95. The molecule has 3 unspecified atom stereocenters. The Labute approximate surface area is 120 Å². The molecule has 1 aromatic rings. The molecule has 4 atom stereocenters. The van der Waals surface area contributed by atoms with Gasteiger partial charge in [-0.05, 0) is 44.5 Å². The van der Waals surface area contributed by atoms with E-state index in [2.05, 4.69) is 30.6 Å². The summed E-state index contributed by atoms with van der Waals surface area (Å²) in [5.74, 6) is 0.631. The van der Waals surface area contributed by atoms with Crippen LogP contribution in [0.3, 0.4) is 0 Å². The lowest BCUT2D eigenvalue weighted by molar-refractivity contribution is -0.125. The zero-order chi connectivity index (χ0) is 14.7. The second-order valence-electron chi connectivity index (χ2n) is 5.56. The van der Waals surface area contributed by atoms with Crippen LogP contribution < -0.4 is 10.6 Å². The fourth-order valence-electron chi connectivity index (χ4n) is 3.21. The molecule has 4 nitrogen and oxygen atoms in total. The van der Waals surface area contributed by atoms with Gasteiger partial charge in [-0.25, -0.2) is 0 Å². The number of nitriles is 1. The SMILES string of the molecule is CNC(C)C1C(C)NC(=O)C[C@@H]1c1ccc(C#N)cc1. The molecule has 0 aliphatic carbocycles. The van der Waals surface area contributed by atoms with Gasteiger partial charge in [-0.1, -0.05) is 12.1 Å². The third-order valence-electron chi connectivity index (χ3n) is 4.34. The predicted octanol–water partition coefficient (Wildman–Crippen LogP) is 1.77. The Morgan fingerprint density at radius 2 is 2.05 bits per heavy atom. The number of amides is 1. The van der Waals surface area contributed by atoms with Crippen molar-refractivity contribution in [2.45, 2.75) is 38.3 Å². The van der Waals surface area contributed by atoms with Crippen LogP contribution in [0.2, 0.25) is 0 Å². The van der Waals surface area contributed by atoms with Gasteiger partial charge in [-0.2, -0.15) is 5.26 Å². The van der Waals surface area contributed by atoms with E-state index in [9.17, 15) is 4.79 Å².